The zero-order valence-corrected chi connectivity index (χ0v) is 16.6. The van der Waals surface area contributed by atoms with Gasteiger partial charge in [-0.1, -0.05) is 29.8 Å². The number of benzene rings is 2. The summed E-state index contributed by atoms with van der Waals surface area (Å²) in [7, 11) is 0. The highest BCUT2D eigenvalue weighted by Crippen LogP contribution is 2.59. The maximum Gasteiger partial charge on any atom is 0.227 e. The molecule has 3 aliphatic rings. The molecule has 5 rings (SSSR count). The number of carbonyl (C=O) groups is 1. The van der Waals surface area contributed by atoms with Crippen LogP contribution in [0.5, 0.6) is 0 Å². The molecule has 2 aromatic rings. The number of nitrogens with one attached hydrogen (secondary N) is 1. The molecule has 140 valence electrons. The van der Waals surface area contributed by atoms with Crippen molar-refractivity contribution in [2.45, 2.75) is 56.7 Å². The average molecular weight is 379 g/mol. The predicted octanol–water partition coefficient (Wildman–Crippen LogP) is 5.48. The zero-order chi connectivity index (χ0) is 18.4. The normalized spacial score (nSPS) is 20.3. The van der Waals surface area contributed by atoms with Gasteiger partial charge in [0.05, 0.1) is 5.54 Å². The minimum absolute atomic E-state index is 0.168. The van der Waals surface area contributed by atoms with Crippen molar-refractivity contribution in [1.29, 1.82) is 0 Å². The maximum absolute atomic E-state index is 12.7. The maximum atomic E-state index is 12.7. The fourth-order valence-electron chi connectivity index (χ4n) is 4.49. The Kier molecular flexibility index (Phi) is 4.19. The van der Waals surface area contributed by atoms with Gasteiger partial charge in [-0.25, -0.2) is 0 Å². The Bertz CT molecular complexity index is 868. The molecule has 0 spiro atoms. The molecular weight excluding hydrogens is 352 g/mol. The molecule has 0 bridgehead atoms. The van der Waals surface area contributed by atoms with Crippen LogP contribution in [0.4, 0.5) is 11.4 Å². The third kappa shape index (κ3) is 3.25. The molecule has 0 aromatic heterocycles. The van der Waals surface area contributed by atoms with Crippen LogP contribution in [0, 0.1) is 12.8 Å². The minimum Gasteiger partial charge on any atom is -0.329 e. The molecule has 1 aliphatic heterocycles. The van der Waals surface area contributed by atoms with Crippen LogP contribution in [0.1, 0.15) is 48.8 Å². The molecule has 4 heteroatoms. The summed E-state index contributed by atoms with van der Waals surface area (Å²) >= 11 is 1.72. The molecule has 27 heavy (non-hydrogen) atoms. The molecular formula is C23H26N2OS. The number of nitrogens with zero attached hydrogens (tertiary/aromatic N) is 1. The topological polar surface area (TPSA) is 32.3 Å². The van der Waals surface area contributed by atoms with Crippen molar-refractivity contribution in [3.63, 3.8) is 0 Å². The molecule has 2 fully saturated rings. The average Bonchev–Trinajstić information content (AvgIpc) is 3.56. The lowest BCUT2D eigenvalue weighted by Crippen LogP contribution is -2.46. The van der Waals surface area contributed by atoms with Crippen LogP contribution in [-0.4, -0.2) is 11.4 Å². The fraction of sp³-hybridized carbons (Fsp3) is 0.435. The molecule has 1 amide bonds. The largest absolute Gasteiger partial charge is 0.329 e. The number of fused-ring (bicyclic) bond motifs is 1. The summed E-state index contributed by atoms with van der Waals surface area (Å²) in [6.07, 6.45) is 6.50. The second-order valence-electron chi connectivity index (χ2n) is 8.33. The summed E-state index contributed by atoms with van der Waals surface area (Å²) in [6, 6.07) is 15.3. The lowest BCUT2D eigenvalue weighted by molar-refractivity contribution is -0.119. The third-order valence-corrected chi connectivity index (χ3v) is 7.13. The lowest BCUT2D eigenvalue weighted by atomic mass is 9.96. The smallest absolute Gasteiger partial charge is 0.227 e. The molecule has 1 heterocycles. The zero-order valence-electron chi connectivity index (χ0n) is 15.8. The first-order valence-electron chi connectivity index (χ1n) is 10.1. The van der Waals surface area contributed by atoms with Gasteiger partial charge in [-0.3, -0.25) is 4.79 Å². The molecule has 2 aliphatic carbocycles. The summed E-state index contributed by atoms with van der Waals surface area (Å²) in [4.78, 5) is 14.9. The van der Waals surface area contributed by atoms with E-state index >= 15 is 0 Å². The van der Waals surface area contributed by atoms with E-state index in [-0.39, 0.29) is 5.54 Å². The van der Waals surface area contributed by atoms with Crippen molar-refractivity contribution < 1.29 is 4.79 Å². The van der Waals surface area contributed by atoms with Crippen LogP contribution >= 0.6 is 11.9 Å². The Morgan fingerprint density at radius 2 is 1.89 bits per heavy atom. The quantitative estimate of drug-likeness (QED) is 0.676. The summed E-state index contributed by atoms with van der Waals surface area (Å²) < 4.78 is 3.49. The van der Waals surface area contributed by atoms with E-state index in [9.17, 15) is 4.79 Å². The van der Waals surface area contributed by atoms with Crippen LogP contribution in [0.3, 0.4) is 0 Å². The molecule has 0 unspecified atom stereocenters. The van der Waals surface area contributed by atoms with E-state index in [1.807, 2.05) is 0 Å². The van der Waals surface area contributed by atoms with Crippen LogP contribution in [-0.2, 0) is 17.0 Å². The van der Waals surface area contributed by atoms with Gasteiger partial charge < -0.3 is 9.62 Å². The van der Waals surface area contributed by atoms with Crippen molar-refractivity contribution in [3.05, 3.63) is 59.2 Å². The van der Waals surface area contributed by atoms with Crippen LogP contribution in [0.2, 0.25) is 0 Å². The van der Waals surface area contributed by atoms with E-state index in [4.69, 9.17) is 0 Å². The highest BCUT2D eigenvalue weighted by atomic mass is 32.2. The summed E-state index contributed by atoms with van der Waals surface area (Å²) in [5.41, 5.74) is 6.42. The molecule has 0 atom stereocenters. The van der Waals surface area contributed by atoms with Gasteiger partial charge in [-0.05, 0) is 86.2 Å². The van der Waals surface area contributed by atoms with Crippen LogP contribution in [0.15, 0.2) is 42.5 Å². The standard InChI is InChI=1S/C23H26N2OS/c1-16-2-4-17(5-3-16)15-27-24-20-9-10-21-18(14-20)6-11-22(26)25(21)23(12-13-23)19-7-8-19/h2-5,9-10,14,19,24H,6-8,11-13,15H2,1H3. The van der Waals surface area contributed by atoms with Gasteiger partial charge in [0.1, 0.15) is 0 Å². The predicted molar refractivity (Wildman–Crippen MR) is 113 cm³/mol. The second kappa shape index (κ2) is 6.59. The highest BCUT2D eigenvalue weighted by molar-refractivity contribution is 7.99. The number of aryl methyl sites for hydroxylation is 2. The van der Waals surface area contributed by atoms with E-state index in [1.54, 1.807) is 11.9 Å². The Balaban J connectivity index is 1.30. The van der Waals surface area contributed by atoms with Crippen LogP contribution < -0.4 is 9.62 Å². The Hall–Kier alpha value is -1.94. The highest BCUT2D eigenvalue weighted by Gasteiger charge is 2.60. The van der Waals surface area contributed by atoms with Gasteiger partial charge in [0.2, 0.25) is 5.91 Å². The first-order valence-corrected chi connectivity index (χ1v) is 11.0. The van der Waals surface area contributed by atoms with Gasteiger partial charge in [-0.15, -0.1) is 0 Å². The molecule has 1 N–H and O–H groups in total. The van der Waals surface area contributed by atoms with E-state index in [0.29, 0.717) is 12.3 Å². The first kappa shape index (κ1) is 17.2. The van der Waals surface area contributed by atoms with Crippen molar-refractivity contribution in [2.24, 2.45) is 5.92 Å². The molecule has 2 saturated carbocycles. The number of hydrogen-bond acceptors (Lipinski definition) is 3. The van der Waals surface area contributed by atoms with Gasteiger partial charge in [0.25, 0.3) is 0 Å². The van der Waals surface area contributed by atoms with Gasteiger partial charge in [0, 0.05) is 23.5 Å². The van der Waals surface area contributed by atoms with E-state index < -0.39 is 0 Å². The first-order chi connectivity index (χ1) is 13.2. The van der Waals surface area contributed by atoms with Gasteiger partial charge >= 0.3 is 0 Å². The van der Waals surface area contributed by atoms with E-state index in [1.165, 1.54) is 48.1 Å². The number of amides is 1. The van der Waals surface area contributed by atoms with Crippen molar-refractivity contribution in [3.8, 4) is 0 Å². The molecule has 0 radical (unpaired) electrons. The van der Waals surface area contributed by atoms with Gasteiger partial charge in [-0.2, -0.15) is 0 Å². The molecule has 3 nitrogen and oxygen atoms in total. The Labute approximate surface area is 165 Å². The van der Waals surface area contributed by atoms with Gasteiger partial charge in [0.15, 0.2) is 0 Å². The van der Waals surface area contributed by atoms with Crippen molar-refractivity contribution >= 4 is 29.2 Å². The summed E-state index contributed by atoms with van der Waals surface area (Å²) in [6.45, 7) is 2.12. The minimum atomic E-state index is 0.168. The van der Waals surface area contributed by atoms with Crippen LogP contribution in [0.25, 0.3) is 0 Å². The van der Waals surface area contributed by atoms with Crippen molar-refractivity contribution in [2.75, 3.05) is 9.62 Å². The lowest BCUT2D eigenvalue weighted by Gasteiger charge is -2.37. The molecule has 2 aromatic carbocycles. The molecule has 0 saturated heterocycles. The third-order valence-electron chi connectivity index (χ3n) is 6.27. The number of hydrogen-bond donors (Lipinski definition) is 1. The van der Waals surface area contributed by atoms with E-state index in [0.717, 1.165) is 23.8 Å². The monoisotopic (exact) mass is 378 g/mol. The number of carbonyl (C=O) groups excluding carboxylic acids is 1. The SMILES string of the molecule is Cc1ccc(CSNc2ccc3c(c2)CCC(=O)N3C2(C3CC3)CC2)cc1. The summed E-state index contributed by atoms with van der Waals surface area (Å²) in [5, 5.41) is 0. The van der Waals surface area contributed by atoms with Crippen molar-refractivity contribution in [1.82, 2.24) is 0 Å². The number of anilines is 2. The van der Waals surface area contributed by atoms with E-state index in [2.05, 4.69) is 59.0 Å². The summed E-state index contributed by atoms with van der Waals surface area (Å²) in [5.74, 6) is 2.02. The second-order valence-corrected chi connectivity index (χ2v) is 9.11. The fourth-order valence-corrected chi connectivity index (χ4v) is 5.22. The number of rotatable bonds is 6. The Morgan fingerprint density at radius 3 is 2.59 bits per heavy atom. The Morgan fingerprint density at radius 1 is 1.11 bits per heavy atom.